The third-order valence-corrected chi connectivity index (χ3v) is 2.63. The number of methoxy groups -OCH3 is 1. The third kappa shape index (κ3) is 2.91. The summed E-state index contributed by atoms with van der Waals surface area (Å²) < 4.78 is 10.8. The molecule has 0 aromatic rings. The van der Waals surface area contributed by atoms with Crippen molar-refractivity contribution in [1.29, 1.82) is 0 Å². The van der Waals surface area contributed by atoms with E-state index in [-0.39, 0.29) is 5.60 Å². The van der Waals surface area contributed by atoms with Gasteiger partial charge in [-0.15, -0.1) is 0 Å². The lowest BCUT2D eigenvalue weighted by Gasteiger charge is -2.27. The number of nitrogens with two attached hydrogens (primary N) is 1. The van der Waals surface area contributed by atoms with Crippen LogP contribution in [0.25, 0.3) is 0 Å². The summed E-state index contributed by atoms with van der Waals surface area (Å²) in [5.41, 5.74) is 5.39. The highest BCUT2D eigenvalue weighted by molar-refractivity contribution is 4.87. The fourth-order valence-corrected chi connectivity index (χ4v) is 1.40. The first-order valence-electron chi connectivity index (χ1n) is 4.79. The molecule has 0 bridgehead atoms. The number of nitrogens with one attached hydrogen (secondary N) is 1. The fourth-order valence-electron chi connectivity index (χ4n) is 1.40. The van der Waals surface area contributed by atoms with Gasteiger partial charge in [0, 0.05) is 39.3 Å². The first-order chi connectivity index (χ1) is 6.22. The van der Waals surface area contributed by atoms with Crippen molar-refractivity contribution in [3.05, 3.63) is 0 Å². The maximum atomic E-state index is 5.51. The van der Waals surface area contributed by atoms with Crippen LogP contribution in [-0.2, 0) is 9.47 Å². The highest BCUT2D eigenvalue weighted by Crippen LogP contribution is 2.21. The SMILES string of the molecule is COC1(CNC(C)CN)CCOC1. The monoisotopic (exact) mass is 188 g/mol. The largest absolute Gasteiger partial charge is 0.378 e. The van der Waals surface area contributed by atoms with E-state index in [1.165, 1.54) is 0 Å². The van der Waals surface area contributed by atoms with Crippen molar-refractivity contribution < 1.29 is 9.47 Å². The number of hydrogen-bond acceptors (Lipinski definition) is 4. The highest BCUT2D eigenvalue weighted by Gasteiger charge is 2.34. The van der Waals surface area contributed by atoms with E-state index < -0.39 is 0 Å². The second-order valence-electron chi connectivity index (χ2n) is 3.71. The van der Waals surface area contributed by atoms with Crippen molar-refractivity contribution >= 4 is 0 Å². The molecule has 1 saturated heterocycles. The average Bonchev–Trinajstić information content (AvgIpc) is 2.63. The van der Waals surface area contributed by atoms with Crippen molar-refractivity contribution in [2.45, 2.75) is 25.0 Å². The van der Waals surface area contributed by atoms with E-state index in [1.807, 2.05) is 0 Å². The summed E-state index contributed by atoms with van der Waals surface area (Å²) >= 11 is 0. The molecule has 0 amide bonds. The zero-order valence-corrected chi connectivity index (χ0v) is 8.51. The molecule has 1 rings (SSSR count). The molecule has 13 heavy (non-hydrogen) atoms. The van der Waals surface area contributed by atoms with Crippen LogP contribution in [0.5, 0.6) is 0 Å². The minimum atomic E-state index is -0.122. The smallest absolute Gasteiger partial charge is 0.106 e. The van der Waals surface area contributed by atoms with Crippen LogP contribution in [0.3, 0.4) is 0 Å². The van der Waals surface area contributed by atoms with E-state index in [2.05, 4.69) is 12.2 Å². The predicted molar refractivity (Wildman–Crippen MR) is 51.7 cm³/mol. The van der Waals surface area contributed by atoms with E-state index in [1.54, 1.807) is 7.11 Å². The normalized spacial score (nSPS) is 30.7. The molecular weight excluding hydrogens is 168 g/mol. The van der Waals surface area contributed by atoms with Crippen molar-refractivity contribution in [3.63, 3.8) is 0 Å². The Labute approximate surface area is 79.8 Å². The second kappa shape index (κ2) is 4.91. The van der Waals surface area contributed by atoms with Crippen LogP contribution in [0.1, 0.15) is 13.3 Å². The first kappa shape index (κ1) is 10.9. The maximum Gasteiger partial charge on any atom is 0.106 e. The molecule has 0 radical (unpaired) electrons. The maximum absolute atomic E-state index is 5.51. The van der Waals surface area contributed by atoms with Crippen LogP contribution in [0, 0.1) is 0 Å². The summed E-state index contributed by atoms with van der Waals surface area (Å²) in [5, 5.41) is 3.34. The topological polar surface area (TPSA) is 56.5 Å². The van der Waals surface area contributed by atoms with Gasteiger partial charge in [0.15, 0.2) is 0 Å². The number of hydrogen-bond donors (Lipinski definition) is 2. The molecule has 1 fully saturated rings. The molecule has 4 heteroatoms. The predicted octanol–water partition coefficient (Wildman–Crippen LogP) is -0.271. The summed E-state index contributed by atoms with van der Waals surface area (Å²) in [6.07, 6.45) is 0.966. The number of rotatable bonds is 5. The summed E-state index contributed by atoms with van der Waals surface area (Å²) in [7, 11) is 1.74. The molecule has 2 unspecified atom stereocenters. The van der Waals surface area contributed by atoms with Gasteiger partial charge in [-0.25, -0.2) is 0 Å². The zero-order valence-electron chi connectivity index (χ0n) is 8.51. The Morgan fingerprint density at radius 2 is 2.46 bits per heavy atom. The molecule has 2 atom stereocenters. The Hall–Kier alpha value is -0.160. The molecule has 1 heterocycles. The Kier molecular flexibility index (Phi) is 4.12. The summed E-state index contributed by atoms with van der Waals surface area (Å²) in [4.78, 5) is 0. The van der Waals surface area contributed by atoms with Crippen molar-refractivity contribution in [2.24, 2.45) is 5.73 Å². The Bertz CT molecular complexity index is 147. The molecule has 1 aliphatic heterocycles. The summed E-state index contributed by atoms with van der Waals surface area (Å²) in [5.74, 6) is 0. The van der Waals surface area contributed by atoms with Gasteiger partial charge in [-0.1, -0.05) is 0 Å². The first-order valence-corrected chi connectivity index (χ1v) is 4.79. The molecule has 3 N–H and O–H groups in total. The van der Waals surface area contributed by atoms with Gasteiger partial charge in [-0.05, 0) is 6.92 Å². The van der Waals surface area contributed by atoms with Gasteiger partial charge >= 0.3 is 0 Å². The van der Waals surface area contributed by atoms with Crippen LogP contribution < -0.4 is 11.1 Å². The lowest BCUT2D eigenvalue weighted by atomic mass is 10.0. The van der Waals surface area contributed by atoms with Crippen molar-refractivity contribution in [1.82, 2.24) is 5.32 Å². The molecule has 1 aliphatic rings. The van der Waals surface area contributed by atoms with Crippen LogP contribution >= 0.6 is 0 Å². The van der Waals surface area contributed by atoms with Crippen molar-refractivity contribution in [2.75, 3.05) is 33.4 Å². The zero-order chi connectivity index (χ0) is 9.73. The van der Waals surface area contributed by atoms with Crippen LogP contribution in [-0.4, -0.2) is 45.1 Å². The molecule has 0 spiro atoms. The average molecular weight is 188 g/mol. The van der Waals surface area contributed by atoms with Gasteiger partial charge in [-0.3, -0.25) is 0 Å². The van der Waals surface area contributed by atoms with E-state index in [4.69, 9.17) is 15.2 Å². The number of ether oxygens (including phenoxy) is 2. The quantitative estimate of drug-likeness (QED) is 0.623. The van der Waals surface area contributed by atoms with E-state index in [0.717, 1.165) is 19.6 Å². The Morgan fingerprint density at radius 3 is 2.92 bits per heavy atom. The summed E-state index contributed by atoms with van der Waals surface area (Å²) in [6, 6.07) is 0.340. The molecule has 0 aromatic carbocycles. The molecule has 0 aliphatic carbocycles. The summed E-state index contributed by atoms with van der Waals surface area (Å²) in [6.45, 7) is 5.03. The van der Waals surface area contributed by atoms with Crippen LogP contribution in [0.4, 0.5) is 0 Å². The molecule has 0 saturated carbocycles. The van der Waals surface area contributed by atoms with Gasteiger partial charge in [-0.2, -0.15) is 0 Å². The standard InChI is InChI=1S/C9H20N2O2/c1-8(5-10)11-6-9(12-2)3-4-13-7-9/h8,11H,3-7,10H2,1-2H3. The van der Waals surface area contributed by atoms with E-state index >= 15 is 0 Å². The Balaban J connectivity index is 2.31. The molecule has 4 nitrogen and oxygen atoms in total. The van der Waals surface area contributed by atoms with Gasteiger partial charge in [0.2, 0.25) is 0 Å². The van der Waals surface area contributed by atoms with Gasteiger partial charge in [0.1, 0.15) is 5.60 Å². The molecular formula is C9H20N2O2. The Morgan fingerprint density at radius 1 is 1.69 bits per heavy atom. The third-order valence-electron chi connectivity index (χ3n) is 2.63. The lowest BCUT2D eigenvalue weighted by Crippen LogP contribution is -2.47. The minimum absolute atomic E-state index is 0.122. The van der Waals surface area contributed by atoms with Crippen molar-refractivity contribution in [3.8, 4) is 0 Å². The van der Waals surface area contributed by atoms with E-state index in [9.17, 15) is 0 Å². The van der Waals surface area contributed by atoms with Crippen LogP contribution in [0.15, 0.2) is 0 Å². The second-order valence-corrected chi connectivity index (χ2v) is 3.71. The molecule has 0 aromatic heterocycles. The molecule has 78 valence electrons. The van der Waals surface area contributed by atoms with Gasteiger partial charge in [0.05, 0.1) is 6.61 Å². The van der Waals surface area contributed by atoms with Crippen LogP contribution in [0.2, 0.25) is 0 Å². The van der Waals surface area contributed by atoms with Gasteiger partial charge in [0.25, 0.3) is 0 Å². The highest BCUT2D eigenvalue weighted by atomic mass is 16.5. The fraction of sp³-hybridized carbons (Fsp3) is 1.00. The minimum Gasteiger partial charge on any atom is -0.378 e. The lowest BCUT2D eigenvalue weighted by molar-refractivity contribution is -0.0170. The van der Waals surface area contributed by atoms with E-state index in [0.29, 0.717) is 19.2 Å². The van der Waals surface area contributed by atoms with Gasteiger partial charge < -0.3 is 20.5 Å².